The van der Waals surface area contributed by atoms with E-state index < -0.39 is 0 Å². The molecule has 0 bridgehead atoms. The monoisotopic (exact) mass is 313 g/mol. The maximum Gasteiger partial charge on any atom is 0.158 e. The molecule has 0 unspecified atom stereocenters. The minimum atomic E-state index is 0.764. The number of hydrogen-bond donors (Lipinski definition) is 1. The zero-order valence-corrected chi connectivity index (χ0v) is 13.2. The number of hydrogen-bond acceptors (Lipinski definition) is 2. The minimum Gasteiger partial charge on any atom is -0.455 e. The molecule has 3 rings (SSSR count). The van der Waals surface area contributed by atoms with E-state index in [1.54, 1.807) is 0 Å². The lowest BCUT2D eigenvalue weighted by atomic mass is 10.1. The van der Waals surface area contributed by atoms with Crippen LogP contribution in [0.1, 0.15) is 16.9 Å². The molecule has 0 saturated heterocycles. The number of nitrogens with zero attached hydrogens (tertiary/aromatic N) is 1. The van der Waals surface area contributed by atoms with E-state index in [4.69, 9.17) is 16.0 Å². The van der Waals surface area contributed by atoms with Crippen LogP contribution in [0.15, 0.2) is 59.3 Å². The summed E-state index contributed by atoms with van der Waals surface area (Å²) in [5, 5.41) is 2.97. The van der Waals surface area contributed by atoms with Crippen molar-refractivity contribution in [2.24, 2.45) is 0 Å². The molecule has 0 fully saturated rings. The van der Waals surface area contributed by atoms with Crippen molar-refractivity contribution in [3.8, 4) is 11.3 Å². The van der Waals surface area contributed by atoms with Crippen molar-refractivity contribution in [2.75, 3.05) is 0 Å². The predicted octanol–water partition coefficient (Wildman–Crippen LogP) is 3.57. The lowest BCUT2D eigenvalue weighted by molar-refractivity contribution is -0.687. The minimum absolute atomic E-state index is 0.764. The van der Waals surface area contributed by atoms with Crippen LogP contribution in [0.5, 0.6) is 0 Å². The molecule has 3 nitrogen and oxygen atoms in total. The molecule has 3 aromatic rings. The zero-order chi connectivity index (χ0) is 15.4. The summed E-state index contributed by atoms with van der Waals surface area (Å²) < 4.78 is 5.94. The Morgan fingerprint density at radius 2 is 1.86 bits per heavy atom. The van der Waals surface area contributed by atoms with Gasteiger partial charge in [-0.3, -0.25) is 4.98 Å². The Hall–Kier alpha value is -2.10. The third-order valence-corrected chi connectivity index (χ3v) is 4.08. The van der Waals surface area contributed by atoms with Crippen molar-refractivity contribution < 1.29 is 9.73 Å². The molecule has 0 aliphatic heterocycles. The van der Waals surface area contributed by atoms with E-state index in [0.29, 0.717) is 0 Å². The second-order valence-corrected chi connectivity index (χ2v) is 5.64. The summed E-state index contributed by atoms with van der Waals surface area (Å²) in [5.41, 5.74) is 3.35. The van der Waals surface area contributed by atoms with Gasteiger partial charge in [-0.1, -0.05) is 23.7 Å². The Kier molecular flexibility index (Phi) is 4.56. The molecule has 0 aliphatic rings. The van der Waals surface area contributed by atoms with Crippen molar-refractivity contribution in [1.82, 2.24) is 4.98 Å². The smallest absolute Gasteiger partial charge is 0.158 e. The van der Waals surface area contributed by atoms with Gasteiger partial charge in [-0.2, -0.15) is 0 Å². The topological polar surface area (TPSA) is 42.6 Å². The Morgan fingerprint density at radius 3 is 2.68 bits per heavy atom. The molecule has 0 atom stereocenters. The molecule has 4 heteroatoms. The van der Waals surface area contributed by atoms with Crippen LogP contribution >= 0.6 is 11.6 Å². The SMILES string of the molecule is Cc1c(Cl)cccc1-c1ccc(C[NH2+]Cc2ccncc2)o1. The van der Waals surface area contributed by atoms with Crippen molar-refractivity contribution in [2.45, 2.75) is 20.0 Å². The number of halogens is 1. The van der Waals surface area contributed by atoms with Crippen molar-refractivity contribution >= 4 is 11.6 Å². The standard InChI is InChI=1S/C18H17ClN2O/c1-13-16(3-2-4-17(13)19)18-6-5-15(22-18)12-21-11-14-7-9-20-10-8-14/h2-10,21H,11-12H2,1H3/p+1. The first-order valence-electron chi connectivity index (χ1n) is 7.29. The van der Waals surface area contributed by atoms with Crippen LogP contribution in [-0.2, 0) is 13.1 Å². The van der Waals surface area contributed by atoms with E-state index in [9.17, 15) is 0 Å². The van der Waals surface area contributed by atoms with E-state index in [0.717, 1.165) is 40.8 Å². The third kappa shape index (κ3) is 3.38. The maximum absolute atomic E-state index is 6.17. The molecular weight excluding hydrogens is 296 g/mol. The number of quaternary nitrogens is 1. The number of furan rings is 1. The Bertz CT molecular complexity index is 753. The van der Waals surface area contributed by atoms with Crippen LogP contribution < -0.4 is 5.32 Å². The molecule has 0 radical (unpaired) electrons. The Morgan fingerprint density at radius 1 is 1.05 bits per heavy atom. The van der Waals surface area contributed by atoms with Gasteiger partial charge < -0.3 is 9.73 Å². The van der Waals surface area contributed by atoms with Gasteiger partial charge in [-0.05, 0) is 42.8 Å². The summed E-state index contributed by atoms with van der Waals surface area (Å²) in [6, 6.07) is 14.0. The average molecular weight is 314 g/mol. The first-order valence-corrected chi connectivity index (χ1v) is 7.66. The van der Waals surface area contributed by atoms with Gasteiger partial charge in [0.2, 0.25) is 0 Å². The molecule has 1 aromatic carbocycles. The second kappa shape index (κ2) is 6.77. The number of rotatable bonds is 5. The fourth-order valence-corrected chi connectivity index (χ4v) is 2.58. The van der Waals surface area contributed by atoms with E-state index >= 15 is 0 Å². The number of aromatic nitrogens is 1. The van der Waals surface area contributed by atoms with Crippen LogP contribution in [0.4, 0.5) is 0 Å². The van der Waals surface area contributed by atoms with E-state index in [1.807, 2.05) is 61.8 Å². The van der Waals surface area contributed by atoms with Crippen molar-refractivity contribution in [3.05, 3.63) is 76.8 Å². The van der Waals surface area contributed by atoms with Crippen molar-refractivity contribution in [1.29, 1.82) is 0 Å². The highest BCUT2D eigenvalue weighted by atomic mass is 35.5. The molecule has 2 heterocycles. The van der Waals surface area contributed by atoms with Crippen LogP contribution in [0, 0.1) is 6.92 Å². The summed E-state index contributed by atoms with van der Waals surface area (Å²) in [5.74, 6) is 1.83. The van der Waals surface area contributed by atoms with E-state index in [-0.39, 0.29) is 0 Å². The van der Waals surface area contributed by atoms with Crippen LogP contribution in [-0.4, -0.2) is 4.98 Å². The van der Waals surface area contributed by atoms with Gasteiger partial charge in [-0.25, -0.2) is 0 Å². The fourth-order valence-electron chi connectivity index (χ4n) is 2.41. The van der Waals surface area contributed by atoms with Crippen LogP contribution in [0.25, 0.3) is 11.3 Å². The molecule has 0 spiro atoms. The normalized spacial score (nSPS) is 10.8. The van der Waals surface area contributed by atoms with Crippen molar-refractivity contribution in [3.63, 3.8) is 0 Å². The Labute approximate surface area is 135 Å². The predicted molar refractivity (Wildman–Crippen MR) is 87.5 cm³/mol. The summed E-state index contributed by atoms with van der Waals surface area (Å²) in [6.45, 7) is 3.73. The maximum atomic E-state index is 6.17. The molecule has 112 valence electrons. The molecule has 2 aromatic heterocycles. The lowest BCUT2D eigenvalue weighted by Crippen LogP contribution is -2.80. The highest BCUT2D eigenvalue weighted by Gasteiger charge is 2.10. The first kappa shape index (κ1) is 14.8. The molecule has 0 saturated carbocycles. The van der Waals surface area contributed by atoms with Crippen LogP contribution in [0.2, 0.25) is 5.02 Å². The summed E-state index contributed by atoms with van der Waals surface area (Å²) in [7, 11) is 0. The lowest BCUT2D eigenvalue weighted by Gasteiger charge is -2.04. The van der Waals surface area contributed by atoms with Gasteiger partial charge in [-0.15, -0.1) is 0 Å². The first-order chi connectivity index (χ1) is 10.7. The molecule has 0 amide bonds. The number of nitrogens with two attached hydrogens (primary N) is 1. The summed E-state index contributed by atoms with van der Waals surface area (Å²) in [6.07, 6.45) is 3.63. The highest BCUT2D eigenvalue weighted by molar-refractivity contribution is 6.31. The summed E-state index contributed by atoms with van der Waals surface area (Å²) in [4.78, 5) is 4.02. The molecular formula is C18H18ClN2O+. The average Bonchev–Trinajstić information content (AvgIpc) is 3.00. The van der Waals surface area contributed by atoms with E-state index in [2.05, 4.69) is 10.3 Å². The second-order valence-electron chi connectivity index (χ2n) is 5.23. The van der Waals surface area contributed by atoms with Gasteiger partial charge in [0.1, 0.15) is 18.8 Å². The van der Waals surface area contributed by atoms with Gasteiger partial charge in [0.25, 0.3) is 0 Å². The van der Waals surface area contributed by atoms with Gasteiger partial charge in [0.05, 0.1) is 0 Å². The zero-order valence-electron chi connectivity index (χ0n) is 12.4. The quantitative estimate of drug-likeness (QED) is 0.782. The highest BCUT2D eigenvalue weighted by Crippen LogP contribution is 2.29. The number of pyridine rings is 1. The molecule has 22 heavy (non-hydrogen) atoms. The fraction of sp³-hybridized carbons (Fsp3) is 0.167. The number of benzene rings is 1. The largest absolute Gasteiger partial charge is 0.455 e. The molecule has 0 aliphatic carbocycles. The third-order valence-electron chi connectivity index (χ3n) is 3.67. The Balaban J connectivity index is 1.65. The van der Waals surface area contributed by atoms with Gasteiger partial charge in [0, 0.05) is 28.5 Å². The summed E-state index contributed by atoms with van der Waals surface area (Å²) >= 11 is 6.17. The molecule has 2 N–H and O–H groups in total. The van der Waals surface area contributed by atoms with Gasteiger partial charge >= 0.3 is 0 Å². The van der Waals surface area contributed by atoms with Gasteiger partial charge in [0.15, 0.2) is 5.76 Å². The van der Waals surface area contributed by atoms with Crippen LogP contribution in [0.3, 0.4) is 0 Å². The van der Waals surface area contributed by atoms with E-state index in [1.165, 1.54) is 5.56 Å².